The zero-order valence-corrected chi connectivity index (χ0v) is 8.94. The van der Waals surface area contributed by atoms with Crippen molar-refractivity contribution < 1.29 is 4.74 Å². The highest BCUT2D eigenvalue weighted by molar-refractivity contribution is 5.52. The van der Waals surface area contributed by atoms with E-state index in [-0.39, 0.29) is 0 Å². The molecule has 1 heterocycles. The van der Waals surface area contributed by atoms with E-state index in [0.29, 0.717) is 18.0 Å². The fourth-order valence-corrected chi connectivity index (χ4v) is 2.03. The number of hydrogen-bond acceptors (Lipinski definition) is 4. The summed E-state index contributed by atoms with van der Waals surface area (Å²) in [5.74, 6) is 0.651. The number of rotatable bonds is 3. The molecule has 82 valence electrons. The third kappa shape index (κ3) is 2.39. The van der Waals surface area contributed by atoms with Gasteiger partial charge in [-0.2, -0.15) is 0 Å². The third-order valence-electron chi connectivity index (χ3n) is 2.80. The number of aromatic nitrogens is 1. The Kier molecular flexibility index (Phi) is 3.06. The van der Waals surface area contributed by atoms with Crippen LogP contribution in [0, 0.1) is 0 Å². The van der Waals surface area contributed by atoms with E-state index in [1.54, 1.807) is 13.3 Å². The Morgan fingerprint density at radius 1 is 1.53 bits per heavy atom. The van der Waals surface area contributed by atoms with Crippen LogP contribution < -0.4 is 15.8 Å². The maximum absolute atomic E-state index is 5.86. The number of hydrogen-bond donors (Lipinski definition) is 2. The molecule has 3 N–H and O–H groups in total. The summed E-state index contributed by atoms with van der Waals surface area (Å²) in [7, 11) is 1.63. The molecule has 0 aromatic carbocycles. The minimum absolute atomic E-state index is 0.338. The fraction of sp³-hybridized carbons (Fsp3) is 0.545. The summed E-state index contributed by atoms with van der Waals surface area (Å²) in [4.78, 5) is 4.14. The Bertz CT molecular complexity index is 329. The first-order valence-corrected chi connectivity index (χ1v) is 5.30. The summed E-state index contributed by atoms with van der Waals surface area (Å²) < 4.78 is 5.18. The zero-order valence-electron chi connectivity index (χ0n) is 8.94. The molecular weight excluding hydrogens is 190 g/mol. The van der Waals surface area contributed by atoms with E-state index < -0.39 is 0 Å². The summed E-state index contributed by atoms with van der Waals surface area (Å²) in [5, 5.41) is 3.42. The van der Waals surface area contributed by atoms with Gasteiger partial charge in [-0.05, 0) is 31.4 Å². The lowest BCUT2D eigenvalue weighted by atomic mass is 10.2. The van der Waals surface area contributed by atoms with E-state index in [4.69, 9.17) is 10.5 Å². The molecule has 0 saturated heterocycles. The van der Waals surface area contributed by atoms with Gasteiger partial charge in [0.05, 0.1) is 12.8 Å². The summed E-state index contributed by atoms with van der Waals surface area (Å²) >= 11 is 0. The van der Waals surface area contributed by atoms with Crippen LogP contribution in [0.15, 0.2) is 18.3 Å². The van der Waals surface area contributed by atoms with Crippen LogP contribution in [0.2, 0.25) is 0 Å². The Labute approximate surface area is 89.8 Å². The second-order valence-corrected chi connectivity index (χ2v) is 3.97. The minimum Gasteiger partial charge on any atom is -0.480 e. The Balaban J connectivity index is 2.04. The number of nitrogens with zero attached hydrogens (tertiary/aromatic N) is 1. The molecule has 1 aromatic rings. The van der Waals surface area contributed by atoms with E-state index >= 15 is 0 Å². The van der Waals surface area contributed by atoms with Crippen molar-refractivity contribution in [3.63, 3.8) is 0 Å². The van der Waals surface area contributed by atoms with Crippen LogP contribution in [0.5, 0.6) is 5.88 Å². The SMILES string of the molecule is COc1ncccc1NC1CCC(N)C1. The van der Waals surface area contributed by atoms with Gasteiger partial charge in [-0.15, -0.1) is 0 Å². The van der Waals surface area contributed by atoms with Gasteiger partial charge in [0.15, 0.2) is 0 Å². The summed E-state index contributed by atoms with van der Waals surface area (Å²) in [6, 6.07) is 4.68. The Morgan fingerprint density at radius 3 is 3.07 bits per heavy atom. The molecule has 2 rings (SSSR count). The highest BCUT2D eigenvalue weighted by Crippen LogP contribution is 2.26. The molecule has 4 heteroatoms. The molecular formula is C11H17N3O. The lowest BCUT2D eigenvalue weighted by Crippen LogP contribution is -2.21. The number of nitrogens with one attached hydrogen (secondary N) is 1. The average Bonchev–Trinajstić information content (AvgIpc) is 2.65. The molecule has 1 aliphatic rings. The van der Waals surface area contributed by atoms with Crippen LogP contribution in [0.4, 0.5) is 5.69 Å². The van der Waals surface area contributed by atoms with E-state index in [9.17, 15) is 0 Å². The monoisotopic (exact) mass is 207 g/mol. The molecule has 15 heavy (non-hydrogen) atoms. The van der Waals surface area contributed by atoms with Gasteiger partial charge in [-0.1, -0.05) is 0 Å². The molecule has 0 amide bonds. The molecule has 2 atom stereocenters. The van der Waals surface area contributed by atoms with Gasteiger partial charge in [0.1, 0.15) is 0 Å². The van der Waals surface area contributed by atoms with Crippen molar-refractivity contribution in [3.05, 3.63) is 18.3 Å². The standard InChI is InChI=1S/C11H17N3O/c1-15-11-10(3-2-6-13-11)14-9-5-4-8(12)7-9/h2-3,6,8-9,14H,4-5,7,12H2,1H3. The molecule has 0 aliphatic heterocycles. The van der Waals surface area contributed by atoms with Crippen molar-refractivity contribution in [1.82, 2.24) is 4.98 Å². The predicted molar refractivity (Wildman–Crippen MR) is 60.0 cm³/mol. The molecule has 4 nitrogen and oxygen atoms in total. The molecule has 2 unspecified atom stereocenters. The molecule has 1 aromatic heterocycles. The van der Waals surface area contributed by atoms with Crippen molar-refractivity contribution in [1.29, 1.82) is 0 Å². The van der Waals surface area contributed by atoms with Crippen molar-refractivity contribution in [2.45, 2.75) is 31.3 Å². The Hall–Kier alpha value is -1.29. The molecule has 1 fully saturated rings. The molecule has 1 aliphatic carbocycles. The first kappa shape index (κ1) is 10.2. The Morgan fingerprint density at radius 2 is 2.40 bits per heavy atom. The molecule has 0 spiro atoms. The number of methoxy groups -OCH3 is 1. The van der Waals surface area contributed by atoms with E-state index in [1.807, 2.05) is 12.1 Å². The van der Waals surface area contributed by atoms with E-state index in [2.05, 4.69) is 10.3 Å². The number of pyridine rings is 1. The van der Waals surface area contributed by atoms with Gasteiger partial charge in [0.25, 0.3) is 0 Å². The molecule has 0 bridgehead atoms. The fourth-order valence-electron chi connectivity index (χ4n) is 2.03. The van der Waals surface area contributed by atoms with Crippen LogP contribution in [-0.4, -0.2) is 24.2 Å². The van der Waals surface area contributed by atoms with Gasteiger partial charge in [0, 0.05) is 18.3 Å². The quantitative estimate of drug-likeness (QED) is 0.786. The zero-order chi connectivity index (χ0) is 10.7. The summed E-state index contributed by atoms with van der Waals surface area (Å²) in [5.41, 5.74) is 6.82. The largest absolute Gasteiger partial charge is 0.480 e. The lowest BCUT2D eigenvalue weighted by molar-refractivity contribution is 0.399. The van der Waals surface area contributed by atoms with Crippen molar-refractivity contribution in [3.8, 4) is 5.88 Å². The normalized spacial score (nSPS) is 25.2. The van der Waals surface area contributed by atoms with Crippen LogP contribution >= 0.6 is 0 Å². The van der Waals surface area contributed by atoms with Crippen LogP contribution in [0.1, 0.15) is 19.3 Å². The summed E-state index contributed by atoms with van der Waals surface area (Å²) in [6.07, 6.45) is 4.97. The average molecular weight is 207 g/mol. The van der Waals surface area contributed by atoms with E-state index in [0.717, 1.165) is 24.9 Å². The maximum Gasteiger partial charge on any atom is 0.237 e. The lowest BCUT2D eigenvalue weighted by Gasteiger charge is -2.15. The highest BCUT2D eigenvalue weighted by atomic mass is 16.5. The smallest absolute Gasteiger partial charge is 0.237 e. The second kappa shape index (κ2) is 4.49. The van der Waals surface area contributed by atoms with Gasteiger partial charge < -0.3 is 15.8 Å². The van der Waals surface area contributed by atoms with Crippen molar-refractivity contribution in [2.75, 3.05) is 12.4 Å². The van der Waals surface area contributed by atoms with Crippen molar-refractivity contribution >= 4 is 5.69 Å². The molecule has 1 saturated carbocycles. The topological polar surface area (TPSA) is 60.2 Å². The van der Waals surface area contributed by atoms with E-state index in [1.165, 1.54) is 0 Å². The van der Waals surface area contributed by atoms with Gasteiger partial charge in [-0.3, -0.25) is 0 Å². The molecule has 0 radical (unpaired) electrons. The van der Waals surface area contributed by atoms with Crippen LogP contribution in [0.25, 0.3) is 0 Å². The van der Waals surface area contributed by atoms with Crippen LogP contribution in [0.3, 0.4) is 0 Å². The van der Waals surface area contributed by atoms with Gasteiger partial charge >= 0.3 is 0 Å². The maximum atomic E-state index is 5.86. The highest BCUT2D eigenvalue weighted by Gasteiger charge is 2.22. The van der Waals surface area contributed by atoms with Crippen molar-refractivity contribution in [2.24, 2.45) is 5.73 Å². The first-order chi connectivity index (χ1) is 7.29. The number of ether oxygens (including phenoxy) is 1. The number of anilines is 1. The first-order valence-electron chi connectivity index (χ1n) is 5.30. The number of nitrogens with two attached hydrogens (primary N) is 1. The minimum atomic E-state index is 0.338. The van der Waals surface area contributed by atoms with Gasteiger partial charge in [0.2, 0.25) is 5.88 Å². The summed E-state index contributed by atoms with van der Waals surface area (Å²) in [6.45, 7) is 0. The predicted octanol–water partition coefficient (Wildman–Crippen LogP) is 1.38. The van der Waals surface area contributed by atoms with Crippen LogP contribution in [-0.2, 0) is 0 Å². The van der Waals surface area contributed by atoms with Gasteiger partial charge in [-0.25, -0.2) is 4.98 Å². The second-order valence-electron chi connectivity index (χ2n) is 3.97. The third-order valence-corrected chi connectivity index (χ3v) is 2.80.